The smallest absolute Gasteiger partial charge is 0.0637 e. The molecule has 102 valence electrons. The molecule has 3 nitrogen and oxygen atoms in total. The Morgan fingerprint density at radius 3 is 2.28 bits per heavy atom. The summed E-state index contributed by atoms with van der Waals surface area (Å²) in [7, 11) is 1.74. The van der Waals surface area contributed by atoms with E-state index < -0.39 is 0 Å². The Morgan fingerprint density at radius 2 is 1.83 bits per heavy atom. The van der Waals surface area contributed by atoms with Crippen LogP contribution in [0.25, 0.3) is 0 Å². The lowest BCUT2D eigenvalue weighted by Gasteiger charge is -2.30. The highest BCUT2D eigenvalue weighted by Crippen LogP contribution is 2.21. The van der Waals surface area contributed by atoms with Gasteiger partial charge in [-0.15, -0.1) is 0 Å². The molecule has 0 radical (unpaired) electrons. The molecule has 2 atom stereocenters. The maximum atomic E-state index is 5.87. The van der Waals surface area contributed by atoms with Crippen LogP contribution in [0.5, 0.6) is 0 Å². The summed E-state index contributed by atoms with van der Waals surface area (Å²) >= 11 is 0. The third-order valence-corrected chi connectivity index (χ3v) is 3.41. The second-order valence-electron chi connectivity index (χ2n) is 4.82. The Labute approximate surface area is 111 Å². The van der Waals surface area contributed by atoms with E-state index in [1.54, 1.807) is 7.11 Å². The zero-order valence-electron chi connectivity index (χ0n) is 12.0. The number of methoxy groups -OCH3 is 1. The Balaban J connectivity index is 2.83. The van der Waals surface area contributed by atoms with Gasteiger partial charge in [0, 0.05) is 31.4 Å². The van der Waals surface area contributed by atoms with Crippen LogP contribution in [0.3, 0.4) is 0 Å². The fourth-order valence-corrected chi connectivity index (χ4v) is 1.98. The summed E-state index contributed by atoms with van der Waals surface area (Å²) in [6.45, 7) is 8.13. The van der Waals surface area contributed by atoms with Gasteiger partial charge in [-0.1, -0.05) is 19.1 Å². The zero-order chi connectivity index (χ0) is 13.5. The fourth-order valence-electron chi connectivity index (χ4n) is 1.98. The first-order valence-corrected chi connectivity index (χ1v) is 6.71. The summed E-state index contributed by atoms with van der Waals surface area (Å²) in [6.07, 6.45) is 1.12. The van der Waals surface area contributed by atoms with E-state index in [1.165, 1.54) is 11.3 Å². The lowest BCUT2D eigenvalue weighted by Crippen LogP contribution is -2.35. The molecular formula is C15H26N2O. The highest BCUT2D eigenvalue weighted by Gasteiger charge is 2.12. The highest BCUT2D eigenvalue weighted by atomic mass is 16.5. The number of nitrogens with two attached hydrogens (primary N) is 1. The standard InChI is InChI=1S/C15H26N2O/c1-5-12(2)17(10-11-18-4)15-8-6-14(7-9-15)13(3)16/h6-9,12-13H,5,10-11,16H2,1-4H3/t12?,13-/m0/s1. The molecule has 0 heterocycles. The molecule has 0 spiro atoms. The number of rotatable bonds is 7. The predicted molar refractivity (Wildman–Crippen MR) is 78.0 cm³/mol. The highest BCUT2D eigenvalue weighted by molar-refractivity contribution is 5.48. The molecule has 0 aliphatic heterocycles. The summed E-state index contributed by atoms with van der Waals surface area (Å²) in [5, 5.41) is 0. The van der Waals surface area contributed by atoms with Gasteiger partial charge in [-0.05, 0) is 38.0 Å². The topological polar surface area (TPSA) is 38.5 Å². The number of anilines is 1. The Kier molecular flexibility index (Phi) is 6.16. The minimum Gasteiger partial charge on any atom is -0.383 e. The molecule has 1 aromatic carbocycles. The van der Waals surface area contributed by atoms with Gasteiger partial charge in [0.05, 0.1) is 6.61 Å². The zero-order valence-corrected chi connectivity index (χ0v) is 12.0. The van der Waals surface area contributed by atoms with E-state index in [9.17, 15) is 0 Å². The van der Waals surface area contributed by atoms with Gasteiger partial charge in [-0.25, -0.2) is 0 Å². The van der Waals surface area contributed by atoms with Gasteiger partial charge in [0.2, 0.25) is 0 Å². The number of hydrogen-bond donors (Lipinski definition) is 1. The van der Waals surface area contributed by atoms with E-state index in [0.717, 1.165) is 19.6 Å². The van der Waals surface area contributed by atoms with Crippen molar-refractivity contribution in [2.24, 2.45) is 5.73 Å². The van der Waals surface area contributed by atoms with Crippen molar-refractivity contribution in [2.45, 2.75) is 39.3 Å². The molecule has 1 unspecified atom stereocenters. The maximum Gasteiger partial charge on any atom is 0.0637 e. The molecule has 2 N–H and O–H groups in total. The quantitative estimate of drug-likeness (QED) is 0.808. The second kappa shape index (κ2) is 7.39. The van der Waals surface area contributed by atoms with Gasteiger partial charge in [-0.2, -0.15) is 0 Å². The summed E-state index contributed by atoms with van der Waals surface area (Å²) in [6, 6.07) is 9.14. The molecule has 0 bridgehead atoms. The molecule has 0 aliphatic rings. The van der Waals surface area contributed by atoms with Crippen LogP contribution in [0.4, 0.5) is 5.69 Å². The van der Waals surface area contributed by atoms with Crippen LogP contribution in [0.1, 0.15) is 38.8 Å². The van der Waals surface area contributed by atoms with Crippen LogP contribution in [-0.4, -0.2) is 26.3 Å². The minimum atomic E-state index is 0.0927. The van der Waals surface area contributed by atoms with E-state index in [1.807, 2.05) is 6.92 Å². The first-order valence-electron chi connectivity index (χ1n) is 6.71. The van der Waals surface area contributed by atoms with Gasteiger partial charge in [-0.3, -0.25) is 0 Å². The third kappa shape index (κ3) is 4.00. The van der Waals surface area contributed by atoms with Crippen LogP contribution < -0.4 is 10.6 Å². The van der Waals surface area contributed by atoms with E-state index >= 15 is 0 Å². The van der Waals surface area contributed by atoms with Crippen molar-refractivity contribution in [3.63, 3.8) is 0 Å². The van der Waals surface area contributed by atoms with Crippen LogP contribution in [0.15, 0.2) is 24.3 Å². The molecule has 0 fully saturated rings. The second-order valence-corrected chi connectivity index (χ2v) is 4.82. The lowest BCUT2D eigenvalue weighted by atomic mass is 10.1. The van der Waals surface area contributed by atoms with E-state index in [4.69, 9.17) is 10.5 Å². The van der Waals surface area contributed by atoms with Crippen molar-refractivity contribution in [3.8, 4) is 0 Å². The minimum absolute atomic E-state index is 0.0927. The van der Waals surface area contributed by atoms with Crippen molar-refractivity contribution in [1.82, 2.24) is 0 Å². The van der Waals surface area contributed by atoms with Crippen molar-refractivity contribution >= 4 is 5.69 Å². The molecule has 0 amide bonds. The molecule has 0 aliphatic carbocycles. The third-order valence-electron chi connectivity index (χ3n) is 3.41. The largest absolute Gasteiger partial charge is 0.383 e. The SMILES string of the molecule is CCC(C)N(CCOC)c1ccc([C@H](C)N)cc1. The summed E-state index contributed by atoms with van der Waals surface area (Å²) < 4.78 is 5.19. The van der Waals surface area contributed by atoms with Crippen LogP contribution >= 0.6 is 0 Å². The van der Waals surface area contributed by atoms with E-state index in [-0.39, 0.29) is 6.04 Å². The molecule has 0 saturated carbocycles. The number of ether oxygens (including phenoxy) is 1. The summed E-state index contributed by atoms with van der Waals surface area (Å²) in [5.41, 5.74) is 8.29. The molecule has 0 aromatic heterocycles. The monoisotopic (exact) mass is 250 g/mol. The van der Waals surface area contributed by atoms with Crippen molar-refractivity contribution in [3.05, 3.63) is 29.8 Å². The van der Waals surface area contributed by atoms with Gasteiger partial charge >= 0.3 is 0 Å². The summed E-state index contributed by atoms with van der Waals surface area (Å²) in [4.78, 5) is 2.38. The Bertz CT molecular complexity index is 335. The van der Waals surface area contributed by atoms with Crippen molar-refractivity contribution < 1.29 is 4.74 Å². The van der Waals surface area contributed by atoms with E-state index in [2.05, 4.69) is 43.0 Å². The molecule has 18 heavy (non-hydrogen) atoms. The summed E-state index contributed by atoms with van der Waals surface area (Å²) in [5.74, 6) is 0. The van der Waals surface area contributed by atoms with Gasteiger partial charge in [0.25, 0.3) is 0 Å². The molecule has 1 rings (SSSR count). The Morgan fingerprint density at radius 1 is 1.22 bits per heavy atom. The average Bonchev–Trinajstić information content (AvgIpc) is 2.39. The van der Waals surface area contributed by atoms with Crippen LogP contribution in [-0.2, 0) is 4.74 Å². The van der Waals surface area contributed by atoms with Crippen molar-refractivity contribution in [1.29, 1.82) is 0 Å². The van der Waals surface area contributed by atoms with Crippen molar-refractivity contribution in [2.75, 3.05) is 25.2 Å². The molecule has 1 aromatic rings. The van der Waals surface area contributed by atoms with Crippen LogP contribution in [0, 0.1) is 0 Å². The first kappa shape index (κ1) is 15.0. The molecule has 3 heteroatoms. The van der Waals surface area contributed by atoms with Crippen LogP contribution in [0.2, 0.25) is 0 Å². The maximum absolute atomic E-state index is 5.87. The molecule has 0 saturated heterocycles. The Hall–Kier alpha value is -1.06. The number of nitrogens with zero attached hydrogens (tertiary/aromatic N) is 1. The lowest BCUT2D eigenvalue weighted by molar-refractivity contribution is 0.203. The number of hydrogen-bond acceptors (Lipinski definition) is 3. The van der Waals surface area contributed by atoms with Gasteiger partial charge in [0.15, 0.2) is 0 Å². The first-order chi connectivity index (χ1) is 8.60. The van der Waals surface area contributed by atoms with Gasteiger partial charge in [0.1, 0.15) is 0 Å². The van der Waals surface area contributed by atoms with E-state index in [0.29, 0.717) is 6.04 Å². The fraction of sp³-hybridized carbons (Fsp3) is 0.600. The normalized spacial score (nSPS) is 14.3. The predicted octanol–water partition coefficient (Wildman–Crippen LogP) is 2.96. The molecular weight excluding hydrogens is 224 g/mol. The van der Waals surface area contributed by atoms with Gasteiger partial charge < -0.3 is 15.4 Å². The number of benzene rings is 1. The average molecular weight is 250 g/mol.